The van der Waals surface area contributed by atoms with Crippen molar-refractivity contribution in [3.8, 4) is 0 Å². The van der Waals surface area contributed by atoms with Crippen LogP contribution >= 0.6 is 15.9 Å². The third-order valence-electron chi connectivity index (χ3n) is 3.17. The van der Waals surface area contributed by atoms with Gasteiger partial charge in [0.05, 0.1) is 5.56 Å². The van der Waals surface area contributed by atoms with Gasteiger partial charge in [-0.15, -0.1) is 0 Å². The van der Waals surface area contributed by atoms with Crippen LogP contribution in [-0.2, 0) is 12.6 Å². The first-order chi connectivity index (χ1) is 8.14. The van der Waals surface area contributed by atoms with E-state index in [2.05, 4.69) is 36.7 Å². The van der Waals surface area contributed by atoms with Gasteiger partial charge in [0.2, 0.25) is 0 Å². The fraction of sp³-hybridized carbons (Fsp3) is 0.571. The smallest absolute Gasteiger partial charge is 0.166 e. The molecule has 0 aliphatic rings. The summed E-state index contributed by atoms with van der Waals surface area (Å²) >= 11 is 3.48. The minimum absolute atomic E-state index is 0.131. The lowest BCUT2D eigenvalue weighted by atomic mass is 9.78. The molecular weight excluding hydrogens is 305 g/mol. The second-order valence-electron chi connectivity index (χ2n) is 5.62. The Bertz CT molecular complexity index is 374. The Morgan fingerprint density at radius 3 is 1.89 bits per heavy atom. The molecule has 0 heterocycles. The van der Waals surface area contributed by atoms with Gasteiger partial charge in [0, 0.05) is 5.33 Å². The second kappa shape index (κ2) is 5.64. The molecule has 0 spiro atoms. The van der Waals surface area contributed by atoms with Crippen LogP contribution in [0.1, 0.15) is 31.9 Å². The lowest BCUT2D eigenvalue weighted by Gasteiger charge is -2.29. The third-order valence-corrected chi connectivity index (χ3v) is 3.96. The fourth-order valence-corrected chi connectivity index (χ4v) is 2.91. The van der Waals surface area contributed by atoms with Gasteiger partial charge in [-0.3, -0.25) is 0 Å². The Balaban J connectivity index is 2.81. The van der Waals surface area contributed by atoms with E-state index in [4.69, 9.17) is 0 Å². The van der Waals surface area contributed by atoms with Gasteiger partial charge in [0.25, 0.3) is 0 Å². The average molecular weight is 323 g/mol. The maximum Gasteiger partial charge on any atom is 0.416 e. The normalized spacial score (nSPS) is 14.6. The van der Waals surface area contributed by atoms with Crippen molar-refractivity contribution in [3.63, 3.8) is 0 Å². The highest BCUT2D eigenvalue weighted by atomic mass is 79.9. The minimum Gasteiger partial charge on any atom is -0.166 e. The van der Waals surface area contributed by atoms with Crippen LogP contribution in [0.4, 0.5) is 13.2 Å². The first kappa shape index (κ1) is 15.5. The van der Waals surface area contributed by atoms with Gasteiger partial charge in [-0.1, -0.05) is 48.8 Å². The summed E-state index contributed by atoms with van der Waals surface area (Å²) < 4.78 is 37.3. The first-order valence-electron chi connectivity index (χ1n) is 5.86. The summed E-state index contributed by atoms with van der Waals surface area (Å²) in [5, 5.41) is 0.845. The SMILES string of the molecule is CC(C)(C)C(CBr)Cc1ccc(C(F)(F)F)cc1. The summed E-state index contributed by atoms with van der Waals surface area (Å²) in [6, 6.07) is 5.46. The monoisotopic (exact) mass is 322 g/mol. The minimum atomic E-state index is -4.25. The Morgan fingerprint density at radius 1 is 1.06 bits per heavy atom. The topological polar surface area (TPSA) is 0 Å². The highest BCUT2D eigenvalue weighted by molar-refractivity contribution is 9.09. The molecular formula is C14H18BrF3. The van der Waals surface area contributed by atoms with Crippen LogP contribution in [0.25, 0.3) is 0 Å². The molecule has 0 aliphatic heterocycles. The van der Waals surface area contributed by atoms with E-state index in [1.165, 1.54) is 0 Å². The molecule has 4 heteroatoms. The van der Waals surface area contributed by atoms with E-state index in [1.54, 1.807) is 12.1 Å². The molecule has 0 aromatic heterocycles. The maximum atomic E-state index is 12.4. The first-order valence-corrected chi connectivity index (χ1v) is 6.99. The number of hydrogen-bond acceptors (Lipinski definition) is 0. The Kier molecular flexibility index (Phi) is 4.87. The molecule has 0 fully saturated rings. The predicted octanol–water partition coefficient (Wildman–Crippen LogP) is 5.31. The maximum absolute atomic E-state index is 12.4. The molecule has 102 valence electrons. The molecule has 18 heavy (non-hydrogen) atoms. The predicted molar refractivity (Wildman–Crippen MR) is 71.9 cm³/mol. The third kappa shape index (κ3) is 4.30. The summed E-state index contributed by atoms with van der Waals surface area (Å²) in [6.45, 7) is 6.43. The van der Waals surface area contributed by atoms with Crippen LogP contribution in [0.2, 0.25) is 0 Å². The molecule has 0 saturated carbocycles. The number of alkyl halides is 4. The van der Waals surface area contributed by atoms with Gasteiger partial charge in [0.15, 0.2) is 0 Å². The summed E-state index contributed by atoms with van der Waals surface area (Å²) in [6.07, 6.45) is -3.47. The molecule has 1 atom stereocenters. The average Bonchev–Trinajstić information content (AvgIpc) is 2.23. The van der Waals surface area contributed by atoms with Gasteiger partial charge in [-0.25, -0.2) is 0 Å². The van der Waals surface area contributed by atoms with Crippen LogP contribution in [-0.4, -0.2) is 5.33 Å². The van der Waals surface area contributed by atoms with Crippen molar-refractivity contribution in [2.75, 3.05) is 5.33 Å². The number of benzene rings is 1. The van der Waals surface area contributed by atoms with Crippen LogP contribution in [0, 0.1) is 11.3 Å². The molecule has 1 unspecified atom stereocenters. The number of hydrogen-bond donors (Lipinski definition) is 0. The van der Waals surface area contributed by atoms with Gasteiger partial charge in [0.1, 0.15) is 0 Å². The molecule has 0 saturated heterocycles. The van der Waals surface area contributed by atoms with E-state index in [0.29, 0.717) is 5.92 Å². The largest absolute Gasteiger partial charge is 0.416 e. The second-order valence-corrected chi connectivity index (χ2v) is 6.26. The van der Waals surface area contributed by atoms with Gasteiger partial charge < -0.3 is 0 Å². The molecule has 1 aromatic rings. The van der Waals surface area contributed by atoms with Crippen molar-refractivity contribution in [3.05, 3.63) is 35.4 Å². The summed E-state index contributed by atoms with van der Waals surface area (Å²) in [5.74, 6) is 0.397. The van der Waals surface area contributed by atoms with Crippen LogP contribution < -0.4 is 0 Å². The Morgan fingerprint density at radius 2 is 1.56 bits per heavy atom. The lowest BCUT2D eigenvalue weighted by molar-refractivity contribution is -0.137. The number of halogens is 4. The van der Waals surface area contributed by atoms with Crippen LogP contribution in [0.15, 0.2) is 24.3 Å². The number of rotatable bonds is 3. The zero-order valence-corrected chi connectivity index (χ0v) is 12.4. The molecule has 0 radical (unpaired) electrons. The summed E-state index contributed by atoms with van der Waals surface area (Å²) in [7, 11) is 0. The molecule has 0 bridgehead atoms. The zero-order valence-electron chi connectivity index (χ0n) is 10.8. The Labute approximate surface area is 115 Å². The van der Waals surface area contributed by atoms with Gasteiger partial charge in [-0.2, -0.15) is 13.2 Å². The molecule has 1 aromatic carbocycles. The molecule has 0 N–H and O–H groups in total. The van der Waals surface area contributed by atoms with E-state index < -0.39 is 11.7 Å². The fourth-order valence-electron chi connectivity index (χ4n) is 1.71. The molecule has 0 nitrogen and oxygen atoms in total. The Hall–Kier alpha value is -0.510. The highest BCUT2D eigenvalue weighted by Gasteiger charge is 2.30. The summed E-state index contributed by atoms with van der Waals surface area (Å²) in [4.78, 5) is 0. The highest BCUT2D eigenvalue weighted by Crippen LogP contribution is 2.32. The summed E-state index contributed by atoms with van der Waals surface area (Å²) in [5.41, 5.74) is 0.492. The van der Waals surface area contributed by atoms with Gasteiger partial charge in [-0.05, 0) is 35.4 Å². The lowest BCUT2D eigenvalue weighted by Crippen LogP contribution is -2.24. The van der Waals surface area contributed by atoms with Crippen molar-refractivity contribution in [1.29, 1.82) is 0 Å². The molecule has 1 rings (SSSR count). The van der Waals surface area contributed by atoms with E-state index in [-0.39, 0.29) is 5.41 Å². The van der Waals surface area contributed by atoms with E-state index in [1.807, 2.05) is 0 Å². The van der Waals surface area contributed by atoms with Crippen LogP contribution in [0.5, 0.6) is 0 Å². The quantitative estimate of drug-likeness (QED) is 0.662. The van der Waals surface area contributed by atoms with E-state index in [9.17, 15) is 13.2 Å². The van der Waals surface area contributed by atoms with Gasteiger partial charge >= 0.3 is 6.18 Å². The van der Waals surface area contributed by atoms with Crippen molar-refractivity contribution < 1.29 is 13.2 Å². The standard InChI is InChI=1S/C14H18BrF3/c1-13(2,3)12(9-15)8-10-4-6-11(7-5-10)14(16,17)18/h4-7,12H,8-9H2,1-3H3. The molecule has 0 amide bonds. The van der Waals surface area contributed by atoms with Crippen LogP contribution in [0.3, 0.4) is 0 Å². The zero-order chi connectivity index (χ0) is 14.0. The van der Waals surface area contributed by atoms with Crippen molar-refractivity contribution in [2.24, 2.45) is 11.3 Å². The van der Waals surface area contributed by atoms with E-state index >= 15 is 0 Å². The van der Waals surface area contributed by atoms with Crippen molar-refractivity contribution >= 4 is 15.9 Å². The van der Waals surface area contributed by atoms with Crippen molar-refractivity contribution in [1.82, 2.24) is 0 Å². The van der Waals surface area contributed by atoms with E-state index in [0.717, 1.165) is 29.4 Å². The van der Waals surface area contributed by atoms with Crippen molar-refractivity contribution in [2.45, 2.75) is 33.4 Å². The molecule has 0 aliphatic carbocycles.